The second-order valence-corrected chi connectivity index (χ2v) is 8.94. The fourth-order valence-electron chi connectivity index (χ4n) is 2.54. The summed E-state index contributed by atoms with van der Waals surface area (Å²) in [6.07, 6.45) is 0.934. The normalized spacial score (nSPS) is 11.2. The number of rotatable bonds is 9. The number of hydrogen-bond donors (Lipinski definition) is 1. The summed E-state index contributed by atoms with van der Waals surface area (Å²) in [6, 6.07) is 10.3. The number of carbonyl (C=O) groups is 2. The summed E-state index contributed by atoms with van der Waals surface area (Å²) < 4.78 is 28.0. The molecule has 0 unspecified atom stereocenters. The molecule has 1 N–H and O–H groups in total. The molecule has 0 aliphatic carbocycles. The number of sulfone groups is 1. The largest absolute Gasteiger partial charge is 0.456 e. The molecule has 2 rings (SSSR count). The summed E-state index contributed by atoms with van der Waals surface area (Å²) in [4.78, 5) is 34.3. The quantitative estimate of drug-likeness (QED) is 0.276. The lowest BCUT2D eigenvalue weighted by Crippen LogP contribution is -2.21. The van der Waals surface area contributed by atoms with Gasteiger partial charge in [-0.05, 0) is 23.6 Å². The number of nitro benzene ring substituents is 1. The molecule has 9 nitrogen and oxygen atoms in total. The summed E-state index contributed by atoms with van der Waals surface area (Å²) in [6.45, 7) is 3.17. The van der Waals surface area contributed by atoms with Gasteiger partial charge in [-0.1, -0.05) is 38.1 Å². The Morgan fingerprint density at radius 3 is 2.30 bits per heavy atom. The van der Waals surface area contributed by atoms with Crippen molar-refractivity contribution >= 4 is 33.0 Å². The lowest BCUT2D eigenvalue weighted by molar-refractivity contribution is -0.384. The highest BCUT2D eigenvalue weighted by molar-refractivity contribution is 7.90. The van der Waals surface area contributed by atoms with Crippen LogP contribution in [0.25, 0.3) is 0 Å². The maximum atomic E-state index is 12.1. The molecule has 0 heterocycles. The first kappa shape index (κ1) is 23.0. The zero-order valence-electron chi connectivity index (χ0n) is 16.7. The third-order valence-electron chi connectivity index (χ3n) is 4.28. The molecule has 10 heteroatoms. The lowest BCUT2D eigenvalue weighted by Gasteiger charge is -2.09. The van der Waals surface area contributed by atoms with E-state index in [2.05, 4.69) is 5.32 Å². The van der Waals surface area contributed by atoms with Crippen molar-refractivity contribution in [2.24, 2.45) is 0 Å². The van der Waals surface area contributed by atoms with Crippen LogP contribution in [0.2, 0.25) is 0 Å². The molecule has 0 saturated carbocycles. The van der Waals surface area contributed by atoms with Gasteiger partial charge in [0.1, 0.15) is 12.2 Å². The smallest absolute Gasteiger partial charge is 0.325 e. The van der Waals surface area contributed by atoms with Crippen LogP contribution in [0.5, 0.6) is 0 Å². The van der Waals surface area contributed by atoms with Gasteiger partial charge in [0.15, 0.2) is 22.2 Å². The van der Waals surface area contributed by atoms with Gasteiger partial charge in [0, 0.05) is 17.9 Å². The predicted octanol–water partition coefficient (Wildman–Crippen LogP) is 2.96. The second kappa shape index (κ2) is 9.49. The van der Waals surface area contributed by atoms with Gasteiger partial charge in [-0.15, -0.1) is 0 Å². The first-order chi connectivity index (χ1) is 14.0. The van der Waals surface area contributed by atoms with E-state index < -0.39 is 39.6 Å². The standard InChI is InChI=1S/C20H22N2O7S/c1-13(2)14-4-6-15(7-5-14)19(23)12-29-20(24)11-21-17-9-8-16(30(3,27)28)10-18(17)22(25)26/h4-10,13,21H,11-12H2,1-3H3. The van der Waals surface area contributed by atoms with Crippen molar-refractivity contribution in [1.29, 1.82) is 0 Å². The Bertz CT molecular complexity index is 1060. The summed E-state index contributed by atoms with van der Waals surface area (Å²) >= 11 is 0. The van der Waals surface area contributed by atoms with E-state index in [1.165, 1.54) is 12.1 Å². The molecular weight excluding hydrogens is 412 g/mol. The van der Waals surface area contributed by atoms with E-state index in [-0.39, 0.29) is 16.4 Å². The molecule has 2 aromatic rings. The van der Waals surface area contributed by atoms with Gasteiger partial charge in [0.2, 0.25) is 0 Å². The van der Waals surface area contributed by atoms with Crippen molar-refractivity contribution in [3.63, 3.8) is 0 Å². The molecule has 0 aromatic heterocycles. The Kier molecular flexibility index (Phi) is 7.28. The molecule has 0 bridgehead atoms. The Morgan fingerprint density at radius 1 is 1.13 bits per heavy atom. The highest BCUT2D eigenvalue weighted by atomic mass is 32.2. The molecule has 0 saturated heterocycles. The molecule has 30 heavy (non-hydrogen) atoms. The number of anilines is 1. The molecule has 160 valence electrons. The average Bonchev–Trinajstić information content (AvgIpc) is 2.69. The van der Waals surface area contributed by atoms with Crippen molar-refractivity contribution in [3.8, 4) is 0 Å². The van der Waals surface area contributed by atoms with E-state index in [1.54, 1.807) is 12.1 Å². The lowest BCUT2D eigenvalue weighted by atomic mass is 10.0. The van der Waals surface area contributed by atoms with Crippen LogP contribution in [-0.2, 0) is 19.4 Å². The zero-order valence-corrected chi connectivity index (χ0v) is 17.6. The van der Waals surface area contributed by atoms with E-state index in [0.717, 1.165) is 17.9 Å². The Hall–Kier alpha value is -3.27. The summed E-state index contributed by atoms with van der Waals surface area (Å²) in [5, 5.41) is 13.7. The summed E-state index contributed by atoms with van der Waals surface area (Å²) in [5.41, 5.74) is 0.954. The number of nitrogens with zero attached hydrogens (tertiary/aromatic N) is 1. The van der Waals surface area contributed by atoms with Gasteiger partial charge < -0.3 is 10.1 Å². The van der Waals surface area contributed by atoms with Gasteiger partial charge in [0.05, 0.1) is 9.82 Å². The number of esters is 1. The Labute approximate surface area is 174 Å². The molecule has 0 amide bonds. The SMILES string of the molecule is CC(C)c1ccc(C(=O)COC(=O)CNc2ccc(S(C)(=O)=O)cc2[N+](=O)[O-])cc1. The molecule has 2 aromatic carbocycles. The molecule has 0 spiro atoms. The third kappa shape index (κ3) is 6.11. The van der Waals surface area contributed by atoms with Crippen molar-refractivity contribution < 1.29 is 27.7 Å². The van der Waals surface area contributed by atoms with Gasteiger partial charge in [-0.2, -0.15) is 0 Å². The van der Waals surface area contributed by atoms with Crippen LogP contribution in [0.4, 0.5) is 11.4 Å². The Balaban J connectivity index is 1.96. The zero-order chi connectivity index (χ0) is 22.5. The number of ether oxygens (including phenoxy) is 1. The number of carbonyl (C=O) groups excluding carboxylic acids is 2. The van der Waals surface area contributed by atoms with Crippen LogP contribution < -0.4 is 5.32 Å². The fourth-order valence-corrected chi connectivity index (χ4v) is 3.19. The van der Waals surface area contributed by atoms with Crippen LogP contribution in [0.1, 0.15) is 35.7 Å². The number of Topliss-reactive ketones (excluding diaryl/α,β-unsaturated/α-hetero) is 1. The summed E-state index contributed by atoms with van der Waals surface area (Å²) in [7, 11) is -3.62. The first-order valence-corrected chi connectivity index (χ1v) is 10.9. The number of nitro groups is 1. The van der Waals surface area contributed by atoms with Crippen LogP contribution >= 0.6 is 0 Å². The number of benzene rings is 2. The molecule has 0 fully saturated rings. The number of ketones is 1. The molecular formula is C20H22N2O7S. The Morgan fingerprint density at radius 2 is 1.77 bits per heavy atom. The minimum absolute atomic E-state index is 0.0417. The van der Waals surface area contributed by atoms with Crippen LogP contribution in [0.15, 0.2) is 47.4 Å². The predicted molar refractivity (Wildman–Crippen MR) is 111 cm³/mol. The molecule has 0 atom stereocenters. The van der Waals surface area contributed by atoms with Crippen LogP contribution in [-0.4, -0.2) is 44.5 Å². The van der Waals surface area contributed by atoms with Gasteiger partial charge in [-0.25, -0.2) is 8.42 Å². The molecule has 0 aliphatic rings. The van der Waals surface area contributed by atoms with Crippen molar-refractivity contribution in [3.05, 3.63) is 63.7 Å². The topological polar surface area (TPSA) is 133 Å². The van der Waals surface area contributed by atoms with Crippen LogP contribution in [0, 0.1) is 10.1 Å². The van der Waals surface area contributed by atoms with Gasteiger partial charge in [0.25, 0.3) is 5.69 Å². The van der Waals surface area contributed by atoms with E-state index >= 15 is 0 Å². The minimum atomic E-state index is -3.62. The van der Waals surface area contributed by atoms with Crippen LogP contribution in [0.3, 0.4) is 0 Å². The van der Waals surface area contributed by atoms with Crippen molar-refractivity contribution in [2.45, 2.75) is 24.7 Å². The summed E-state index contributed by atoms with van der Waals surface area (Å²) in [5.74, 6) is -0.834. The number of hydrogen-bond acceptors (Lipinski definition) is 8. The third-order valence-corrected chi connectivity index (χ3v) is 5.39. The molecule has 0 radical (unpaired) electrons. The van der Waals surface area contributed by atoms with E-state index in [9.17, 15) is 28.1 Å². The average molecular weight is 434 g/mol. The van der Waals surface area contributed by atoms with Gasteiger partial charge >= 0.3 is 5.97 Å². The van der Waals surface area contributed by atoms with E-state index in [4.69, 9.17) is 4.74 Å². The highest BCUT2D eigenvalue weighted by Crippen LogP contribution is 2.27. The van der Waals surface area contributed by atoms with Crippen molar-refractivity contribution in [1.82, 2.24) is 0 Å². The van der Waals surface area contributed by atoms with Crippen molar-refractivity contribution in [2.75, 3.05) is 24.7 Å². The van der Waals surface area contributed by atoms with E-state index in [1.807, 2.05) is 26.0 Å². The maximum Gasteiger partial charge on any atom is 0.325 e. The minimum Gasteiger partial charge on any atom is -0.456 e. The molecule has 0 aliphatic heterocycles. The fraction of sp³-hybridized carbons (Fsp3) is 0.300. The second-order valence-electron chi connectivity index (χ2n) is 6.92. The highest BCUT2D eigenvalue weighted by Gasteiger charge is 2.19. The van der Waals surface area contributed by atoms with E-state index in [0.29, 0.717) is 11.5 Å². The van der Waals surface area contributed by atoms with Gasteiger partial charge in [-0.3, -0.25) is 19.7 Å². The maximum absolute atomic E-state index is 12.1. The first-order valence-electron chi connectivity index (χ1n) is 9.00. The number of nitrogens with one attached hydrogen (secondary N) is 1. The monoisotopic (exact) mass is 434 g/mol.